The maximum atomic E-state index is 13.5. The molecule has 8 aromatic rings. The van der Waals surface area contributed by atoms with Crippen LogP contribution in [-0.4, -0.2) is 125 Å². The summed E-state index contributed by atoms with van der Waals surface area (Å²) in [5.41, 5.74) is 3.09. The molecule has 0 fully saturated rings. The molecule has 0 radical (unpaired) electrons. The summed E-state index contributed by atoms with van der Waals surface area (Å²) in [6.45, 7) is 0. The van der Waals surface area contributed by atoms with Crippen molar-refractivity contribution in [3.8, 4) is 34.4 Å². The van der Waals surface area contributed by atoms with E-state index >= 15 is 0 Å². The maximum absolute atomic E-state index is 13.5. The smallest absolute Gasteiger partial charge is 0.870 e. The van der Waals surface area contributed by atoms with Crippen molar-refractivity contribution < 1.29 is 117 Å². The average molecular weight is 1480 g/mol. The third-order valence-electron chi connectivity index (χ3n) is 10.9. The molecule has 0 aliphatic heterocycles. The molecule has 0 atom stereocenters. The second-order valence-corrected chi connectivity index (χ2v) is 25.6. The number of nitrogens with two attached hydrogens (primary N) is 1. The van der Waals surface area contributed by atoms with Crippen LogP contribution in [0.25, 0.3) is 34.4 Å². The SMILES string of the molecule is NO.O=S(=O)(CCCCc1nonc1/C(Cc1ccc(F)c(Br)c1)=N/O)NO.O=c1onc(-c2nonc2CCCCS(=O)(=O)Cl)n1-c1ccc(F)c(Br)c1.O=c1onc(-c2nonc2CCCCS(=O)(=O)NO)n1-c1ccc(F)c(Br)c1.[Na+].[OH-]. The summed E-state index contributed by atoms with van der Waals surface area (Å²) in [6, 6.07) is 12.2. The van der Waals surface area contributed by atoms with Crippen LogP contribution in [0.3, 0.4) is 0 Å². The monoisotopic (exact) mass is 1480 g/mol. The Labute approximate surface area is 528 Å². The third kappa shape index (κ3) is 21.7. The first-order valence-electron chi connectivity index (χ1n) is 23.1. The van der Waals surface area contributed by atoms with Crippen molar-refractivity contribution in [2.75, 3.05) is 17.3 Å². The van der Waals surface area contributed by atoms with Crippen molar-refractivity contribution in [2.24, 2.45) is 11.1 Å². The molecule has 9 N–H and O–H groups in total. The van der Waals surface area contributed by atoms with E-state index in [1.165, 1.54) is 52.2 Å². The van der Waals surface area contributed by atoms with E-state index < -0.39 is 58.1 Å². The van der Waals surface area contributed by atoms with Gasteiger partial charge in [-0.25, -0.2) is 76.9 Å². The van der Waals surface area contributed by atoms with Crippen LogP contribution in [-0.2, 0) is 54.8 Å². The molecule has 0 saturated carbocycles. The first kappa shape index (κ1) is 73.8. The van der Waals surface area contributed by atoms with Gasteiger partial charge in [0.25, 0.3) is 0 Å². The van der Waals surface area contributed by atoms with E-state index in [4.69, 9.17) is 49.2 Å². The molecule has 5 heterocycles. The number of halogens is 7. The van der Waals surface area contributed by atoms with E-state index in [1.54, 1.807) is 12.1 Å². The summed E-state index contributed by atoms with van der Waals surface area (Å²) in [6.07, 6.45) is 3.18. The molecule has 5 aromatic heterocycles. The predicted molar refractivity (Wildman–Crippen MR) is 290 cm³/mol. The molecule has 0 saturated heterocycles. The number of benzene rings is 3. The van der Waals surface area contributed by atoms with Gasteiger partial charge < -0.3 is 26.3 Å². The van der Waals surface area contributed by atoms with Gasteiger partial charge in [0.05, 0.1) is 42.1 Å². The number of hydrogen-bond donors (Lipinski definition) is 7. The molecule has 85 heavy (non-hydrogen) atoms. The molecule has 0 bridgehead atoms. The maximum Gasteiger partial charge on any atom is 1.00 e. The average Bonchev–Trinajstić information content (AvgIpc) is 4.51. The largest absolute Gasteiger partial charge is 1.00 e. The van der Waals surface area contributed by atoms with Gasteiger partial charge in [-0.05, 0) is 175 Å². The summed E-state index contributed by atoms with van der Waals surface area (Å²) >= 11 is 9.19. The zero-order valence-electron chi connectivity index (χ0n) is 43.3. The van der Waals surface area contributed by atoms with Crippen molar-refractivity contribution in [1.82, 2.24) is 60.2 Å². The van der Waals surface area contributed by atoms with E-state index in [0.29, 0.717) is 66.9 Å². The number of sulfonamides is 2. The Bertz CT molecular complexity index is 3970. The number of nitrogens with zero attached hydrogens (tertiary/aromatic N) is 11. The van der Waals surface area contributed by atoms with Crippen molar-refractivity contribution in [3.05, 3.63) is 135 Å². The van der Waals surface area contributed by atoms with Crippen molar-refractivity contribution >= 4 is 93.3 Å². The van der Waals surface area contributed by atoms with Gasteiger partial charge in [-0.1, -0.05) is 46.8 Å². The number of oxime groups is 1. The zero-order valence-corrected chi connectivity index (χ0v) is 53.3. The van der Waals surface area contributed by atoms with Gasteiger partial charge in [-0.3, -0.25) is 9.05 Å². The quantitative estimate of drug-likeness (QED) is 0.0114. The minimum atomic E-state index is -3.73. The molecular weight excluding hydrogens is 1440 g/mol. The van der Waals surface area contributed by atoms with Crippen LogP contribution in [0.15, 0.2) is 106 Å². The van der Waals surface area contributed by atoms with E-state index in [-0.39, 0.29) is 132 Å². The number of unbranched alkanes of at least 4 members (excludes halogenated alkanes) is 3. The van der Waals surface area contributed by atoms with Gasteiger partial charge in [0.2, 0.25) is 40.7 Å². The Kier molecular flexibility index (Phi) is 30.2. The molecular formula is C42H44Br3ClF3N14NaO18S3. The van der Waals surface area contributed by atoms with Gasteiger partial charge in [-0.15, -0.1) is 0 Å². The first-order valence-corrected chi connectivity index (χ1v) is 31.2. The second-order valence-electron chi connectivity index (χ2n) is 16.5. The van der Waals surface area contributed by atoms with Gasteiger partial charge >= 0.3 is 41.1 Å². The molecule has 0 amide bonds. The standard InChI is InChI=1S/C14H11BrClFN4O5S.C14H13BrFN5O6S.C14H16BrFN4O5S.H3NO.Na.H2O/c15-9-7-8(4-5-10(9)17)21-13(20-25-14(21)22)12-11(18-26-19-12)3-1-2-6-27(16,23)24;15-9-7-8(4-5-10(9)16)21-13(19-26-14(21)22)12-11(17-27-18-12)3-1-2-6-28(24,25)20-23;15-10-7-9(4-5-11(10)16)8-13(17-21)14-12(18-25-19-14)3-1-2-6-26(23,24)20-22;1-2;;/h4-5,7H,1-3,6H2;4-5,7,20,23H,1-3,6H2;4-5,7,20-22H,1-3,6,8H2;2H,1H2;;1H2/q;;;;+1;/p-1/b;;17-13+;;;. The Balaban J connectivity index is 0.000000325. The van der Waals surface area contributed by atoms with Crippen molar-refractivity contribution in [2.45, 2.75) is 64.2 Å². The van der Waals surface area contributed by atoms with Crippen LogP contribution in [0.4, 0.5) is 13.2 Å². The Hall–Kier alpha value is -5.48. The van der Waals surface area contributed by atoms with Crippen molar-refractivity contribution in [1.29, 1.82) is 0 Å². The number of hydrogen-bond acceptors (Lipinski definition) is 28. The van der Waals surface area contributed by atoms with Crippen LogP contribution in [0.1, 0.15) is 66.9 Å². The molecule has 32 nitrogen and oxygen atoms in total. The topological polar surface area (TPSA) is 489 Å². The van der Waals surface area contributed by atoms with Crippen LogP contribution >= 0.6 is 58.5 Å². The van der Waals surface area contributed by atoms with Gasteiger partial charge in [0, 0.05) is 17.1 Å². The van der Waals surface area contributed by atoms with Crippen LogP contribution in [0.5, 0.6) is 0 Å². The van der Waals surface area contributed by atoms with Crippen molar-refractivity contribution in [3.63, 3.8) is 0 Å². The molecule has 43 heteroatoms. The normalized spacial score (nSPS) is 11.5. The predicted octanol–water partition coefficient (Wildman–Crippen LogP) is 2.26. The molecule has 0 spiro atoms. The number of rotatable bonds is 24. The van der Waals surface area contributed by atoms with Crippen LogP contribution < -0.4 is 56.7 Å². The molecule has 0 aliphatic rings. The zero-order chi connectivity index (χ0) is 61.1. The number of aryl methyl sites for hydroxylation is 3. The minimum absolute atomic E-state index is 0. The fourth-order valence-corrected chi connectivity index (χ4v) is 10.4. The van der Waals surface area contributed by atoms with Gasteiger partial charge in [-0.2, -0.15) is 0 Å². The minimum Gasteiger partial charge on any atom is -0.870 e. The molecule has 3 aromatic carbocycles. The second kappa shape index (κ2) is 34.8. The number of aromatic nitrogens is 10. The summed E-state index contributed by atoms with van der Waals surface area (Å²) in [7, 11) is -5.82. The fourth-order valence-electron chi connectivity index (χ4n) is 7.01. The summed E-state index contributed by atoms with van der Waals surface area (Å²) in [5, 5.41) is 65.9. The molecule has 0 unspecified atom stereocenters. The van der Waals surface area contributed by atoms with Gasteiger partial charge in [0.15, 0.2) is 17.1 Å². The first-order chi connectivity index (χ1) is 39.4. The van der Waals surface area contributed by atoms with E-state index in [1.807, 2.05) is 0 Å². The molecule has 8 rings (SSSR count). The molecule has 458 valence electrons. The Morgan fingerprint density at radius 2 is 0.976 bits per heavy atom. The van der Waals surface area contributed by atoms with E-state index in [0.717, 1.165) is 9.13 Å². The van der Waals surface area contributed by atoms with E-state index in [2.05, 4.69) is 100 Å². The van der Waals surface area contributed by atoms with Crippen LogP contribution in [0.2, 0.25) is 0 Å². The Morgan fingerprint density at radius 3 is 1.38 bits per heavy atom. The summed E-state index contributed by atoms with van der Waals surface area (Å²) in [5.74, 6) is -0.191. The third-order valence-corrected chi connectivity index (χ3v) is 16.1. The summed E-state index contributed by atoms with van der Waals surface area (Å²) < 4.78 is 133. The van der Waals surface area contributed by atoms with Gasteiger partial charge in [0.1, 0.15) is 40.2 Å². The fraction of sp³-hybridized carbons (Fsp3) is 0.310. The Morgan fingerprint density at radius 1 is 0.588 bits per heavy atom. The number of nitrogens with one attached hydrogen (secondary N) is 2. The van der Waals surface area contributed by atoms with E-state index in [9.17, 15) is 53.2 Å². The molecule has 0 aliphatic carbocycles. The van der Waals surface area contributed by atoms with Crippen LogP contribution in [0, 0.1) is 17.5 Å². The summed E-state index contributed by atoms with van der Waals surface area (Å²) in [4.78, 5) is 26.7.